The molecule has 0 aromatic heterocycles. The fraction of sp³-hybridized carbons (Fsp3) is 0.250. The van der Waals surface area contributed by atoms with Gasteiger partial charge < -0.3 is 5.32 Å². The average Bonchev–Trinajstić information content (AvgIpc) is 1.69. The van der Waals surface area contributed by atoms with Crippen molar-refractivity contribution in [1.82, 2.24) is 10.6 Å². The van der Waals surface area contributed by atoms with Gasteiger partial charge in [0.05, 0.1) is 0 Å². The Morgan fingerprint density at radius 2 is 2.71 bits per heavy atom. The van der Waals surface area contributed by atoms with Crippen LogP contribution in [0.3, 0.4) is 0 Å². The summed E-state index contributed by atoms with van der Waals surface area (Å²) < 4.78 is 0. The molecular weight excluding hydrogens is 92.1 g/mol. The zero-order valence-electron chi connectivity index (χ0n) is 3.72. The molecule has 1 rings (SSSR count). The SMILES string of the molecule is O=C1C[N]C=CN1. The van der Waals surface area contributed by atoms with Gasteiger partial charge in [0.25, 0.3) is 0 Å². The van der Waals surface area contributed by atoms with Crippen LogP contribution in [0.1, 0.15) is 0 Å². The van der Waals surface area contributed by atoms with E-state index in [2.05, 4.69) is 10.6 Å². The van der Waals surface area contributed by atoms with Gasteiger partial charge in [0, 0.05) is 12.4 Å². The van der Waals surface area contributed by atoms with E-state index in [1.165, 1.54) is 6.20 Å². The molecule has 1 amide bonds. The van der Waals surface area contributed by atoms with Crippen molar-refractivity contribution in [2.45, 2.75) is 0 Å². The molecule has 3 heteroatoms. The predicted octanol–water partition coefficient (Wildman–Crippen LogP) is -0.808. The second kappa shape index (κ2) is 1.64. The molecule has 0 atom stereocenters. The fourth-order valence-electron chi connectivity index (χ4n) is 0.364. The molecule has 0 unspecified atom stereocenters. The molecule has 0 aromatic rings. The van der Waals surface area contributed by atoms with E-state index < -0.39 is 0 Å². The molecule has 0 saturated carbocycles. The van der Waals surface area contributed by atoms with Crippen molar-refractivity contribution in [2.24, 2.45) is 0 Å². The third-order valence-corrected chi connectivity index (χ3v) is 0.659. The number of hydrogen-bond acceptors (Lipinski definition) is 1. The number of carbonyl (C=O) groups is 1. The Hall–Kier alpha value is -0.990. The van der Waals surface area contributed by atoms with Crippen molar-refractivity contribution >= 4 is 5.91 Å². The molecule has 1 radical (unpaired) electrons. The highest BCUT2D eigenvalue weighted by molar-refractivity contribution is 5.79. The number of rotatable bonds is 0. The summed E-state index contributed by atoms with van der Waals surface area (Å²) in [5.41, 5.74) is 0. The van der Waals surface area contributed by atoms with Crippen LogP contribution in [-0.2, 0) is 4.79 Å². The topological polar surface area (TPSA) is 43.2 Å². The second-order valence-corrected chi connectivity index (χ2v) is 1.22. The summed E-state index contributed by atoms with van der Waals surface area (Å²) in [4.78, 5) is 10.2. The Labute approximate surface area is 41.4 Å². The van der Waals surface area contributed by atoms with Crippen LogP contribution in [0.4, 0.5) is 0 Å². The summed E-state index contributed by atoms with van der Waals surface area (Å²) >= 11 is 0. The maximum Gasteiger partial charge on any atom is 0.245 e. The maximum atomic E-state index is 10.2. The minimum atomic E-state index is -0.0394. The van der Waals surface area contributed by atoms with E-state index in [4.69, 9.17) is 0 Å². The van der Waals surface area contributed by atoms with Crippen molar-refractivity contribution in [2.75, 3.05) is 6.54 Å². The van der Waals surface area contributed by atoms with Crippen molar-refractivity contribution < 1.29 is 4.79 Å². The summed E-state index contributed by atoms with van der Waals surface area (Å²) in [5.74, 6) is -0.0394. The highest BCUT2D eigenvalue weighted by Gasteiger charge is 1.98. The Balaban J connectivity index is 2.47. The monoisotopic (exact) mass is 97.0 g/mol. The van der Waals surface area contributed by atoms with Crippen LogP contribution in [-0.4, -0.2) is 12.5 Å². The van der Waals surface area contributed by atoms with Gasteiger partial charge in [0.2, 0.25) is 5.91 Å². The molecule has 0 aliphatic carbocycles. The van der Waals surface area contributed by atoms with Crippen molar-refractivity contribution in [3.63, 3.8) is 0 Å². The first-order valence-corrected chi connectivity index (χ1v) is 2.00. The molecule has 7 heavy (non-hydrogen) atoms. The predicted molar refractivity (Wildman–Crippen MR) is 24.3 cm³/mol. The van der Waals surface area contributed by atoms with Crippen molar-refractivity contribution in [1.29, 1.82) is 0 Å². The summed E-state index contributed by atoms with van der Waals surface area (Å²) in [6.45, 7) is 0.274. The highest BCUT2D eigenvalue weighted by Crippen LogP contribution is 1.74. The van der Waals surface area contributed by atoms with Crippen molar-refractivity contribution in [3.05, 3.63) is 12.4 Å². The summed E-state index contributed by atoms with van der Waals surface area (Å²) in [5, 5.41) is 6.13. The first-order valence-electron chi connectivity index (χ1n) is 2.00. The van der Waals surface area contributed by atoms with Gasteiger partial charge in [-0.05, 0) is 0 Å². The standard InChI is InChI=1S/C4H5N2O/c7-4-3-5-1-2-6-4/h1-2H,3H2,(H,6,7). The molecule has 0 spiro atoms. The number of amides is 1. The summed E-state index contributed by atoms with van der Waals surface area (Å²) in [7, 11) is 0. The minimum absolute atomic E-state index is 0.0394. The van der Waals surface area contributed by atoms with E-state index in [-0.39, 0.29) is 12.5 Å². The van der Waals surface area contributed by atoms with Crippen LogP contribution in [0, 0.1) is 0 Å². The van der Waals surface area contributed by atoms with Crippen LogP contribution in [0.5, 0.6) is 0 Å². The number of hydrogen-bond donors (Lipinski definition) is 1. The van der Waals surface area contributed by atoms with Gasteiger partial charge in [-0.2, -0.15) is 0 Å². The van der Waals surface area contributed by atoms with Crippen LogP contribution in [0.2, 0.25) is 0 Å². The molecule has 0 aromatic carbocycles. The molecule has 1 aliphatic heterocycles. The van der Waals surface area contributed by atoms with E-state index in [9.17, 15) is 4.79 Å². The van der Waals surface area contributed by atoms with E-state index in [0.29, 0.717) is 0 Å². The smallest absolute Gasteiger partial charge is 0.245 e. The Morgan fingerprint density at radius 3 is 3.00 bits per heavy atom. The van der Waals surface area contributed by atoms with Crippen LogP contribution in [0.25, 0.3) is 0 Å². The molecule has 1 heterocycles. The minimum Gasteiger partial charge on any atom is -0.330 e. The third-order valence-electron chi connectivity index (χ3n) is 0.659. The third kappa shape index (κ3) is 0.924. The molecule has 1 N–H and O–H groups in total. The quantitative estimate of drug-likeness (QED) is 0.422. The van der Waals surface area contributed by atoms with Gasteiger partial charge in [-0.1, -0.05) is 0 Å². The summed E-state index contributed by atoms with van der Waals surface area (Å²) in [6, 6.07) is 0. The maximum absolute atomic E-state index is 10.2. The molecule has 0 fully saturated rings. The van der Waals surface area contributed by atoms with Crippen molar-refractivity contribution in [3.8, 4) is 0 Å². The van der Waals surface area contributed by atoms with Crippen LogP contribution < -0.4 is 10.6 Å². The number of carbonyl (C=O) groups excluding carboxylic acids is 1. The molecule has 3 nitrogen and oxygen atoms in total. The first kappa shape index (κ1) is 4.18. The molecule has 0 bridgehead atoms. The van der Waals surface area contributed by atoms with Gasteiger partial charge in [-0.15, -0.1) is 0 Å². The summed E-state index contributed by atoms with van der Waals surface area (Å²) in [6.07, 6.45) is 3.09. The lowest BCUT2D eigenvalue weighted by Crippen LogP contribution is -2.29. The van der Waals surface area contributed by atoms with Gasteiger partial charge >= 0.3 is 0 Å². The molecular formula is C4H5N2O. The number of nitrogens with zero attached hydrogens (tertiary/aromatic N) is 1. The van der Waals surface area contributed by atoms with Crippen LogP contribution in [0.15, 0.2) is 12.4 Å². The van der Waals surface area contributed by atoms with Gasteiger partial charge in [0.1, 0.15) is 6.54 Å². The average molecular weight is 97.1 g/mol. The first-order chi connectivity index (χ1) is 3.39. The largest absolute Gasteiger partial charge is 0.330 e. The molecule has 37 valence electrons. The fourth-order valence-corrected chi connectivity index (χ4v) is 0.364. The van der Waals surface area contributed by atoms with E-state index in [1.807, 2.05) is 0 Å². The lowest BCUT2D eigenvalue weighted by molar-refractivity contribution is -0.119. The van der Waals surface area contributed by atoms with E-state index >= 15 is 0 Å². The molecule has 0 saturated heterocycles. The zero-order chi connectivity index (χ0) is 5.11. The Bertz CT molecular complexity index is 108. The second-order valence-electron chi connectivity index (χ2n) is 1.22. The lowest BCUT2D eigenvalue weighted by Gasteiger charge is -2.01. The van der Waals surface area contributed by atoms with E-state index in [1.54, 1.807) is 6.20 Å². The van der Waals surface area contributed by atoms with Gasteiger partial charge in [-0.3, -0.25) is 10.1 Å². The Kier molecular flexibility index (Phi) is 0.978. The number of nitrogens with one attached hydrogen (secondary N) is 1. The van der Waals surface area contributed by atoms with Gasteiger partial charge in [-0.25, -0.2) is 0 Å². The van der Waals surface area contributed by atoms with Crippen LogP contribution >= 0.6 is 0 Å². The molecule has 1 aliphatic rings. The normalized spacial score (nSPS) is 18.0. The highest BCUT2D eigenvalue weighted by atomic mass is 16.1. The Morgan fingerprint density at radius 1 is 1.86 bits per heavy atom. The lowest BCUT2D eigenvalue weighted by atomic mass is 10.5. The zero-order valence-corrected chi connectivity index (χ0v) is 3.72. The van der Waals surface area contributed by atoms with Gasteiger partial charge in [0.15, 0.2) is 0 Å². The van der Waals surface area contributed by atoms with E-state index in [0.717, 1.165) is 0 Å².